The Morgan fingerprint density at radius 3 is 2.39 bits per heavy atom. The normalized spacial score (nSPS) is 10.5. The Morgan fingerprint density at radius 2 is 1.89 bits per heavy atom. The van der Waals surface area contributed by atoms with Gasteiger partial charge in [0.1, 0.15) is 13.1 Å². The summed E-state index contributed by atoms with van der Waals surface area (Å²) in [5.41, 5.74) is 1.83. The van der Waals surface area contributed by atoms with Crippen molar-refractivity contribution in [2.75, 3.05) is 13.1 Å². The zero-order valence-corrected chi connectivity index (χ0v) is 9.91. The Hall–Kier alpha value is -2.37. The molecule has 6 nitrogen and oxygen atoms in total. The number of carboxylic acids is 2. The Labute approximate surface area is 104 Å². The smallest absolute Gasteiger partial charge is 0.324 e. The van der Waals surface area contributed by atoms with Crippen LogP contribution in [0.15, 0.2) is 29.4 Å². The number of rotatable bonds is 6. The number of nitrogens with zero attached hydrogens (tertiary/aromatic N) is 2. The van der Waals surface area contributed by atoms with Gasteiger partial charge in [-0.1, -0.05) is 29.8 Å². The minimum atomic E-state index is -1.13. The second-order valence-electron chi connectivity index (χ2n) is 3.77. The van der Waals surface area contributed by atoms with Crippen LogP contribution in [0.3, 0.4) is 0 Å². The van der Waals surface area contributed by atoms with Crippen molar-refractivity contribution in [3.8, 4) is 0 Å². The lowest BCUT2D eigenvalue weighted by molar-refractivity contribution is -0.141. The third-order valence-corrected chi connectivity index (χ3v) is 2.05. The average molecular weight is 250 g/mol. The van der Waals surface area contributed by atoms with Crippen LogP contribution in [0.2, 0.25) is 0 Å². The van der Waals surface area contributed by atoms with Gasteiger partial charge >= 0.3 is 11.9 Å². The number of hydrazone groups is 1. The third-order valence-electron chi connectivity index (χ3n) is 2.05. The maximum atomic E-state index is 10.5. The highest BCUT2D eigenvalue weighted by atomic mass is 16.4. The molecule has 0 radical (unpaired) electrons. The van der Waals surface area contributed by atoms with Crippen LogP contribution in [0.1, 0.15) is 11.1 Å². The van der Waals surface area contributed by atoms with Gasteiger partial charge in [-0.25, -0.2) is 0 Å². The first-order chi connectivity index (χ1) is 8.47. The molecule has 0 unspecified atom stereocenters. The molecule has 0 aliphatic carbocycles. The van der Waals surface area contributed by atoms with Gasteiger partial charge in [-0.2, -0.15) is 5.10 Å². The molecular formula is C12H14N2O4. The summed E-state index contributed by atoms with van der Waals surface area (Å²) >= 11 is 0. The maximum Gasteiger partial charge on any atom is 0.324 e. The SMILES string of the molecule is Cc1cccc(/C=N\N(CC(=O)O)CC(=O)O)c1. The summed E-state index contributed by atoms with van der Waals surface area (Å²) in [4.78, 5) is 21.1. The van der Waals surface area contributed by atoms with Gasteiger partial charge in [0.15, 0.2) is 0 Å². The van der Waals surface area contributed by atoms with Gasteiger partial charge in [0, 0.05) is 0 Å². The molecule has 1 aromatic rings. The fraction of sp³-hybridized carbons (Fsp3) is 0.250. The fourth-order valence-corrected chi connectivity index (χ4v) is 1.35. The van der Waals surface area contributed by atoms with E-state index in [1.807, 2.05) is 25.1 Å². The molecule has 0 bridgehead atoms. The van der Waals surface area contributed by atoms with Crippen LogP contribution in [-0.2, 0) is 9.59 Å². The minimum Gasteiger partial charge on any atom is -0.480 e. The average Bonchev–Trinajstić information content (AvgIpc) is 2.24. The number of aliphatic carboxylic acids is 2. The molecule has 96 valence electrons. The lowest BCUT2D eigenvalue weighted by atomic mass is 10.2. The zero-order valence-electron chi connectivity index (χ0n) is 9.91. The largest absolute Gasteiger partial charge is 0.480 e. The van der Waals surface area contributed by atoms with E-state index in [4.69, 9.17) is 10.2 Å². The van der Waals surface area contributed by atoms with Crippen molar-refractivity contribution >= 4 is 18.2 Å². The van der Waals surface area contributed by atoms with Crippen LogP contribution in [0.25, 0.3) is 0 Å². The highest BCUT2D eigenvalue weighted by Crippen LogP contribution is 2.01. The van der Waals surface area contributed by atoms with Crippen molar-refractivity contribution in [2.45, 2.75) is 6.92 Å². The van der Waals surface area contributed by atoms with Crippen LogP contribution in [0.4, 0.5) is 0 Å². The van der Waals surface area contributed by atoms with E-state index in [9.17, 15) is 9.59 Å². The summed E-state index contributed by atoms with van der Waals surface area (Å²) in [5.74, 6) is -2.25. The number of carbonyl (C=O) groups is 2. The molecule has 0 aromatic heterocycles. The monoisotopic (exact) mass is 250 g/mol. The first-order valence-corrected chi connectivity index (χ1v) is 5.26. The molecule has 0 aliphatic rings. The van der Waals surface area contributed by atoms with Crippen LogP contribution in [-0.4, -0.2) is 46.5 Å². The molecule has 0 fully saturated rings. The summed E-state index contributed by atoms with van der Waals surface area (Å²) in [6, 6.07) is 7.43. The van der Waals surface area contributed by atoms with Crippen molar-refractivity contribution in [2.24, 2.45) is 5.10 Å². The van der Waals surface area contributed by atoms with Crippen molar-refractivity contribution < 1.29 is 19.8 Å². The molecule has 0 aliphatic heterocycles. The quantitative estimate of drug-likeness (QED) is 0.575. The molecule has 0 saturated carbocycles. The Kier molecular flexibility index (Phi) is 4.86. The van der Waals surface area contributed by atoms with Gasteiger partial charge < -0.3 is 10.2 Å². The molecular weight excluding hydrogens is 236 g/mol. The van der Waals surface area contributed by atoms with E-state index in [1.54, 1.807) is 6.07 Å². The summed E-state index contributed by atoms with van der Waals surface area (Å²) in [6.07, 6.45) is 1.44. The predicted octanol–water partition coefficient (Wildman–Crippen LogP) is 0.800. The van der Waals surface area contributed by atoms with Crippen LogP contribution in [0, 0.1) is 6.92 Å². The molecule has 1 aromatic carbocycles. The summed E-state index contributed by atoms with van der Waals surface area (Å²) in [7, 11) is 0. The molecule has 18 heavy (non-hydrogen) atoms. The maximum absolute atomic E-state index is 10.5. The number of hydrogen-bond acceptors (Lipinski definition) is 4. The summed E-state index contributed by atoms with van der Waals surface area (Å²) in [6.45, 7) is 1.02. The van der Waals surface area contributed by atoms with E-state index in [0.29, 0.717) is 0 Å². The van der Waals surface area contributed by atoms with Crippen LogP contribution < -0.4 is 0 Å². The van der Waals surface area contributed by atoms with Gasteiger partial charge in [0.25, 0.3) is 0 Å². The number of benzene rings is 1. The zero-order chi connectivity index (χ0) is 13.5. The van der Waals surface area contributed by atoms with Gasteiger partial charge in [0.2, 0.25) is 0 Å². The number of aryl methyl sites for hydroxylation is 1. The first-order valence-electron chi connectivity index (χ1n) is 5.26. The molecule has 2 N–H and O–H groups in total. The van der Waals surface area contributed by atoms with Crippen LogP contribution in [0.5, 0.6) is 0 Å². The Balaban J connectivity index is 2.75. The first kappa shape index (κ1) is 13.7. The van der Waals surface area contributed by atoms with Gasteiger partial charge in [0.05, 0.1) is 6.21 Å². The van der Waals surface area contributed by atoms with E-state index >= 15 is 0 Å². The van der Waals surface area contributed by atoms with E-state index in [0.717, 1.165) is 16.1 Å². The third kappa shape index (κ3) is 5.11. The highest BCUT2D eigenvalue weighted by molar-refractivity contribution is 5.80. The molecule has 1 rings (SSSR count). The number of hydrogen-bond donors (Lipinski definition) is 2. The van der Waals surface area contributed by atoms with Crippen molar-refractivity contribution in [1.29, 1.82) is 0 Å². The highest BCUT2D eigenvalue weighted by Gasteiger charge is 2.10. The molecule has 0 heterocycles. The molecule has 0 spiro atoms. The molecule has 0 amide bonds. The lowest BCUT2D eigenvalue weighted by Gasteiger charge is -2.13. The Morgan fingerprint density at radius 1 is 1.28 bits per heavy atom. The van der Waals surface area contributed by atoms with Crippen LogP contribution >= 0.6 is 0 Å². The van der Waals surface area contributed by atoms with E-state index in [1.165, 1.54) is 6.21 Å². The van der Waals surface area contributed by atoms with Gasteiger partial charge in [-0.05, 0) is 12.5 Å². The predicted molar refractivity (Wildman–Crippen MR) is 65.6 cm³/mol. The number of carboxylic acid groups (broad SMARTS) is 2. The van der Waals surface area contributed by atoms with Crippen molar-refractivity contribution in [3.63, 3.8) is 0 Å². The molecule has 6 heteroatoms. The second-order valence-corrected chi connectivity index (χ2v) is 3.77. The van der Waals surface area contributed by atoms with Gasteiger partial charge in [-0.3, -0.25) is 14.6 Å². The lowest BCUT2D eigenvalue weighted by Crippen LogP contribution is -2.30. The second kappa shape index (κ2) is 6.39. The van der Waals surface area contributed by atoms with Crippen molar-refractivity contribution in [3.05, 3.63) is 35.4 Å². The van der Waals surface area contributed by atoms with E-state index < -0.39 is 25.0 Å². The standard InChI is InChI=1S/C12H14N2O4/c1-9-3-2-4-10(5-9)6-13-14(7-11(15)16)8-12(17)18/h2-6H,7-8H2,1H3,(H,15,16)(H,17,18)/b13-6-. The summed E-state index contributed by atoms with van der Waals surface area (Å²) in [5, 5.41) is 22.1. The minimum absolute atomic E-state index is 0.450. The Bertz CT molecular complexity index is 455. The van der Waals surface area contributed by atoms with E-state index in [2.05, 4.69) is 5.10 Å². The van der Waals surface area contributed by atoms with E-state index in [-0.39, 0.29) is 0 Å². The molecule has 0 atom stereocenters. The summed E-state index contributed by atoms with van der Waals surface area (Å²) < 4.78 is 0. The topological polar surface area (TPSA) is 90.2 Å². The fourth-order valence-electron chi connectivity index (χ4n) is 1.35. The van der Waals surface area contributed by atoms with Crippen molar-refractivity contribution in [1.82, 2.24) is 5.01 Å². The molecule has 0 saturated heterocycles. The van der Waals surface area contributed by atoms with Gasteiger partial charge in [-0.15, -0.1) is 0 Å².